The topological polar surface area (TPSA) is 64.4 Å². The van der Waals surface area contributed by atoms with Crippen molar-refractivity contribution in [1.82, 2.24) is 4.98 Å². The Balaban J connectivity index is 1.58. The van der Waals surface area contributed by atoms with Crippen molar-refractivity contribution in [2.24, 2.45) is 0 Å². The van der Waals surface area contributed by atoms with E-state index in [-0.39, 0.29) is 11.7 Å². The second-order valence-corrected chi connectivity index (χ2v) is 7.24. The summed E-state index contributed by atoms with van der Waals surface area (Å²) in [7, 11) is 1.60. The van der Waals surface area contributed by atoms with Gasteiger partial charge in [0.1, 0.15) is 5.58 Å². The van der Waals surface area contributed by atoms with Gasteiger partial charge in [0.2, 0.25) is 0 Å². The fourth-order valence-electron chi connectivity index (χ4n) is 3.10. The number of nitrogens with zero attached hydrogens (tertiary/aromatic N) is 1. The molecule has 142 valence electrons. The summed E-state index contributed by atoms with van der Waals surface area (Å²) in [5, 5.41) is 6.20. The molecular weight excluding hydrogens is 372 g/mol. The lowest BCUT2D eigenvalue weighted by Gasteiger charge is -2.02. The van der Waals surface area contributed by atoms with E-state index < -0.39 is 0 Å². The number of anilines is 1. The Labute approximate surface area is 167 Å². The number of rotatable bonds is 6. The van der Waals surface area contributed by atoms with Crippen LogP contribution in [0, 0.1) is 0 Å². The number of amides is 1. The monoisotopic (exact) mass is 392 g/mol. The van der Waals surface area contributed by atoms with Gasteiger partial charge in [0.05, 0.1) is 12.3 Å². The minimum atomic E-state index is -0.328. The number of aromatic nitrogens is 1. The van der Waals surface area contributed by atoms with E-state index in [0.717, 1.165) is 28.6 Å². The van der Waals surface area contributed by atoms with E-state index in [1.807, 2.05) is 29.6 Å². The van der Waals surface area contributed by atoms with E-state index in [0.29, 0.717) is 17.3 Å². The van der Waals surface area contributed by atoms with Crippen molar-refractivity contribution < 1.29 is 13.9 Å². The fraction of sp³-hybridized carbons (Fsp3) is 0.182. The van der Waals surface area contributed by atoms with Crippen LogP contribution in [0.1, 0.15) is 28.6 Å². The van der Waals surface area contributed by atoms with Crippen LogP contribution in [0.2, 0.25) is 0 Å². The molecule has 28 heavy (non-hydrogen) atoms. The quantitative estimate of drug-likeness (QED) is 0.469. The van der Waals surface area contributed by atoms with Gasteiger partial charge >= 0.3 is 0 Å². The molecule has 0 unspecified atom stereocenters. The maximum Gasteiger partial charge on any atom is 0.293 e. The summed E-state index contributed by atoms with van der Waals surface area (Å²) in [5.74, 6) is -0.0717. The van der Waals surface area contributed by atoms with Gasteiger partial charge in [-0.3, -0.25) is 10.1 Å². The van der Waals surface area contributed by atoms with Crippen molar-refractivity contribution in [1.29, 1.82) is 0 Å². The van der Waals surface area contributed by atoms with E-state index in [1.54, 1.807) is 7.11 Å². The zero-order valence-corrected chi connectivity index (χ0v) is 16.5. The number of fused-ring (bicyclic) bond motifs is 1. The number of para-hydroxylation sites is 1. The van der Waals surface area contributed by atoms with Gasteiger partial charge < -0.3 is 9.15 Å². The van der Waals surface area contributed by atoms with Gasteiger partial charge in [-0.25, -0.2) is 4.98 Å². The highest BCUT2D eigenvalue weighted by Crippen LogP contribution is 2.29. The van der Waals surface area contributed by atoms with E-state index in [9.17, 15) is 4.79 Å². The van der Waals surface area contributed by atoms with E-state index in [2.05, 4.69) is 41.5 Å². The smallest absolute Gasteiger partial charge is 0.293 e. The molecule has 0 fully saturated rings. The van der Waals surface area contributed by atoms with Crippen LogP contribution < -0.4 is 5.32 Å². The molecule has 6 heteroatoms. The van der Waals surface area contributed by atoms with Crippen LogP contribution in [0.5, 0.6) is 0 Å². The maximum atomic E-state index is 12.8. The Bertz CT molecular complexity index is 1110. The first-order valence-electron chi connectivity index (χ1n) is 9.05. The molecule has 0 aliphatic carbocycles. The van der Waals surface area contributed by atoms with Crippen LogP contribution >= 0.6 is 11.3 Å². The molecule has 0 bridgehead atoms. The van der Waals surface area contributed by atoms with Gasteiger partial charge in [0.25, 0.3) is 5.91 Å². The molecule has 0 atom stereocenters. The van der Waals surface area contributed by atoms with Gasteiger partial charge in [-0.05, 0) is 18.1 Å². The molecular formula is C22H20N2O3S. The first-order chi connectivity index (χ1) is 13.7. The summed E-state index contributed by atoms with van der Waals surface area (Å²) >= 11 is 1.39. The summed E-state index contributed by atoms with van der Waals surface area (Å²) in [6.07, 6.45) is 1.000. The van der Waals surface area contributed by atoms with Gasteiger partial charge in [0.15, 0.2) is 10.9 Å². The van der Waals surface area contributed by atoms with Crippen molar-refractivity contribution in [2.45, 2.75) is 20.0 Å². The van der Waals surface area contributed by atoms with E-state index in [4.69, 9.17) is 9.15 Å². The maximum absolute atomic E-state index is 12.8. The summed E-state index contributed by atoms with van der Waals surface area (Å²) in [4.78, 5) is 17.4. The second-order valence-electron chi connectivity index (χ2n) is 6.38. The highest BCUT2D eigenvalue weighted by molar-refractivity contribution is 7.14. The summed E-state index contributed by atoms with van der Waals surface area (Å²) < 4.78 is 11.1. The van der Waals surface area contributed by atoms with E-state index >= 15 is 0 Å². The van der Waals surface area contributed by atoms with Crippen LogP contribution in [0.15, 0.2) is 58.3 Å². The van der Waals surface area contributed by atoms with Crippen molar-refractivity contribution >= 4 is 33.3 Å². The highest BCUT2D eigenvalue weighted by Gasteiger charge is 2.21. The number of methoxy groups -OCH3 is 1. The molecule has 0 saturated carbocycles. The van der Waals surface area contributed by atoms with Gasteiger partial charge in [-0.15, -0.1) is 11.3 Å². The average molecular weight is 392 g/mol. The first kappa shape index (κ1) is 18.4. The molecule has 0 aliphatic rings. The number of carbonyl (C=O) groups is 1. The van der Waals surface area contributed by atoms with Crippen molar-refractivity contribution in [3.63, 3.8) is 0 Å². The number of furan rings is 1. The number of benzene rings is 2. The molecule has 4 aromatic rings. The molecule has 4 rings (SSSR count). The summed E-state index contributed by atoms with van der Waals surface area (Å²) in [6, 6.07) is 15.8. The normalized spacial score (nSPS) is 11.1. The Morgan fingerprint density at radius 1 is 1.18 bits per heavy atom. The highest BCUT2D eigenvalue weighted by atomic mass is 32.1. The third-order valence-electron chi connectivity index (χ3n) is 4.58. The second kappa shape index (κ2) is 7.96. The van der Waals surface area contributed by atoms with Crippen LogP contribution in [0.25, 0.3) is 22.2 Å². The lowest BCUT2D eigenvalue weighted by atomic mass is 10.1. The molecule has 2 aromatic heterocycles. The number of carbonyl (C=O) groups excluding carboxylic acids is 1. The molecule has 0 spiro atoms. The molecule has 5 nitrogen and oxygen atoms in total. The van der Waals surface area contributed by atoms with Crippen molar-refractivity contribution in [3.05, 3.63) is 70.8 Å². The van der Waals surface area contributed by atoms with Crippen LogP contribution in [0.4, 0.5) is 5.13 Å². The molecule has 0 radical (unpaired) electrons. The minimum Gasteiger partial charge on any atom is -0.451 e. The number of hydrogen-bond acceptors (Lipinski definition) is 5. The van der Waals surface area contributed by atoms with Gasteiger partial charge in [-0.2, -0.15) is 0 Å². The van der Waals surface area contributed by atoms with Crippen molar-refractivity contribution in [3.8, 4) is 11.3 Å². The Kier molecular flexibility index (Phi) is 5.23. The number of hydrogen-bond donors (Lipinski definition) is 1. The molecule has 2 heterocycles. The lowest BCUT2D eigenvalue weighted by Crippen LogP contribution is -2.13. The number of aryl methyl sites for hydroxylation is 1. The van der Waals surface area contributed by atoms with Crippen LogP contribution in [-0.2, 0) is 17.8 Å². The molecule has 0 aliphatic heterocycles. The molecule has 2 aromatic carbocycles. The minimum absolute atomic E-state index is 0.257. The van der Waals surface area contributed by atoms with Crippen LogP contribution in [0.3, 0.4) is 0 Å². The average Bonchev–Trinajstić information content (AvgIpc) is 3.33. The molecule has 0 saturated heterocycles. The number of nitrogens with one attached hydrogen (secondary N) is 1. The number of thiazole rings is 1. The van der Waals surface area contributed by atoms with Gasteiger partial charge in [0, 0.05) is 29.0 Å². The molecule has 1 N–H and O–H groups in total. The summed E-state index contributed by atoms with van der Waals surface area (Å²) in [5.41, 5.74) is 4.54. The third-order valence-corrected chi connectivity index (χ3v) is 5.33. The van der Waals surface area contributed by atoms with Gasteiger partial charge in [-0.1, -0.05) is 49.4 Å². The zero-order chi connectivity index (χ0) is 19.5. The predicted molar refractivity (Wildman–Crippen MR) is 112 cm³/mol. The fourth-order valence-corrected chi connectivity index (χ4v) is 3.81. The zero-order valence-electron chi connectivity index (χ0n) is 15.7. The standard InChI is InChI=1S/C22H20N2O3S/c1-3-14-8-10-15(11-9-14)18-13-28-22(23-18)24-21(25)20-17(12-26-2)16-6-4-5-7-19(16)27-20/h4-11,13H,3,12H2,1-2H3,(H,23,24,25). The summed E-state index contributed by atoms with van der Waals surface area (Å²) in [6.45, 7) is 2.42. The molecule has 1 amide bonds. The first-order valence-corrected chi connectivity index (χ1v) is 9.93. The SMILES string of the molecule is CCc1ccc(-c2csc(NC(=O)c3oc4ccccc4c3COC)n2)cc1. The Morgan fingerprint density at radius 3 is 2.71 bits per heavy atom. The largest absolute Gasteiger partial charge is 0.451 e. The van der Waals surface area contributed by atoms with Crippen molar-refractivity contribution in [2.75, 3.05) is 12.4 Å². The lowest BCUT2D eigenvalue weighted by molar-refractivity contribution is 0.0992. The van der Waals surface area contributed by atoms with E-state index in [1.165, 1.54) is 16.9 Å². The van der Waals surface area contributed by atoms with Crippen LogP contribution in [-0.4, -0.2) is 18.0 Å². The number of ether oxygens (including phenoxy) is 1. The third kappa shape index (κ3) is 3.56. The predicted octanol–water partition coefficient (Wildman–Crippen LogP) is 5.52. The Morgan fingerprint density at radius 2 is 1.96 bits per heavy atom. The Hall–Kier alpha value is -2.96.